The number of imide groups is 1. The summed E-state index contributed by atoms with van der Waals surface area (Å²) >= 11 is 0. The summed E-state index contributed by atoms with van der Waals surface area (Å²) in [5.74, 6) is -0.139. The van der Waals surface area contributed by atoms with E-state index in [2.05, 4.69) is 5.32 Å². The van der Waals surface area contributed by atoms with E-state index in [1.54, 1.807) is 42.5 Å². The molecule has 7 nitrogen and oxygen atoms in total. The van der Waals surface area contributed by atoms with Gasteiger partial charge >= 0.3 is 0 Å². The molecular weight excluding hydrogens is 384 g/mol. The minimum absolute atomic E-state index is 0.105. The summed E-state index contributed by atoms with van der Waals surface area (Å²) in [6.45, 7) is 4.77. The highest BCUT2D eigenvalue weighted by Gasteiger charge is 2.31. The highest BCUT2D eigenvalue weighted by molar-refractivity contribution is 6.12. The predicted octanol–water partition coefficient (Wildman–Crippen LogP) is 3.43. The average molecular weight is 410 g/mol. The van der Waals surface area contributed by atoms with E-state index < -0.39 is 11.8 Å². The number of hydrogen-bond donors (Lipinski definition) is 1. The van der Waals surface area contributed by atoms with Crippen molar-refractivity contribution >= 4 is 23.4 Å². The number of carbonyl (C=O) groups excluding carboxylic acids is 3. The van der Waals surface area contributed by atoms with Crippen LogP contribution in [-0.4, -0.2) is 42.4 Å². The third kappa shape index (κ3) is 4.97. The number of anilines is 1. The van der Waals surface area contributed by atoms with Gasteiger partial charge in [0.15, 0.2) is 11.5 Å². The van der Waals surface area contributed by atoms with Gasteiger partial charge in [0.25, 0.3) is 5.91 Å². The first-order valence-corrected chi connectivity index (χ1v) is 10.2. The summed E-state index contributed by atoms with van der Waals surface area (Å²) in [6, 6.07) is 12.1. The minimum atomic E-state index is -0.459. The van der Waals surface area contributed by atoms with Crippen molar-refractivity contribution in [2.45, 2.75) is 33.1 Å². The van der Waals surface area contributed by atoms with Crippen molar-refractivity contribution in [3.8, 4) is 11.5 Å². The Morgan fingerprint density at radius 2 is 1.70 bits per heavy atom. The molecule has 0 saturated carbocycles. The molecule has 0 saturated heterocycles. The fourth-order valence-electron chi connectivity index (χ4n) is 3.15. The van der Waals surface area contributed by atoms with Gasteiger partial charge in [-0.25, -0.2) is 0 Å². The number of nitrogens with zero attached hydrogens (tertiary/aromatic N) is 1. The van der Waals surface area contributed by atoms with Gasteiger partial charge in [-0.15, -0.1) is 0 Å². The molecule has 158 valence electrons. The number of nitrogens with one attached hydrogen (secondary N) is 1. The van der Waals surface area contributed by atoms with Crippen LogP contribution in [0.25, 0.3) is 0 Å². The van der Waals surface area contributed by atoms with Crippen molar-refractivity contribution in [1.29, 1.82) is 0 Å². The molecule has 30 heavy (non-hydrogen) atoms. The second kappa shape index (κ2) is 9.91. The Hall–Kier alpha value is -3.35. The molecular formula is C23H26N2O5. The summed E-state index contributed by atoms with van der Waals surface area (Å²) in [6.07, 6.45) is 1.81. The van der Waals surface area contributed by atoms with Crippen LogP contribution in [0.1, 0.15) is 42.6 Å². The summed E-state index contributed by atoms with van der Waals surface area (Å²) < 4.78 is 11.4. The molecule has 3 rings (SSSR count). The SMILES string of the molecule is CCCOc1ccc(NC(=O)CN2C(=O)Cc3ccccc3C2=O)cc1OCCC. The van der Waals surface area contributed by atoms with Gasteiger partial charge in [-0.1, -0.05) is 32.0 Å². The van der Waals surface area contributed by atoms with Gasteiger partial charge in [0, 0.05) is 17.3 Å². The van der Waals surface area contributed by atoms with Gasteiger partial charge in [-0.3, -0.25) is 19.3 Å². The summed E-state index contributed by atoms with van der Waals surface area (Å²) in [5.41, 5.74) is 1.65. The van der Waals surface area contributed by atoms with Crippen molar-refractivity contribution in [2.75, 3.05) is 25.1 Å². The van der Waals surface area contributed by atoms with Gasteiger partial charge in [0.1, 0.15) is 6.54 Å². The molecule has 1 aliphatic heterocycles. The third-order valence-electron chi connectivity index (χ3n) is 4.59. The Balaban J connectivity index is 1.69. The first kappa shape index (κ1) is 21.4. The molecule has 0 radical (unpaired) electrons. The van der Waals surface area contributed by atoms with E-state index in [9.17, 15) is 14.4 Å². The van der Waals surface area contributed by atoms with Crippen molar-refractivity contribution in [3.63, 3.8) is 0 Å². The van der Waals surface area contributed by atoms with Gasteiger partial charge in [0.2, 0.25) is 11.8 Å². The molecule has 1 N–H and O–H groups in total. The van der Waals surface area contributed by atoms with Crippen molar-refractivity contribution in [2.24, 2.45) is 0 Å². The Labute approximate surface area is 176 Å². The van der Waals surface area contributed by atoms with Crippen molar-refractivity contribution < 1.29 is 23.9 Å². The standard InChI is InChI=1S/C23H26N2O5/c1-3-11-29-19-10-9-17(14-20(19)30-12-4-2)24-21(26)15-25-22(27)13-16-7-5-6-8-18(16)23(25)28/h5-10,14H,3-4,11-13,15H2,1-2H3,(H,24,26). The van der Waals surface area contributed by atoms with Crippen LogP contribution in [0.5, 0.6) is 11.5 Å². The molecule has 0 spiro atoms. The molecule has 0 fully saturated rings. The van der Waals surface area contributed by atoms with Gasteiger partial charge in [-0.2, -0.15) is 0 Å². The maximum atomic E-state index is 12.6. The smallest absolute Gasteiger partial charge is 0.261 e. The zero-order valence-corrected chi connectivity index (χ0v) is 17.3. The number of ether oxygens (including phenoxy) is 2. The van der Waals surface area contributed by atoms with E-state index in [0.29, 0.717) is 41.5 Å². The molecule has 2 aromatic rings. The van der Waals surface area contributed by atoms with Crippen LogP contribution >= 0.6 is 0 Å². The van der Waals surface area contributed by atoms with E-state index >= 15 is 0 Å². The van der Waals surface area contributed by atoms with Gasteiger partial charge in [-0.05, 0) is 36.6 Å². The van der Waals surface area contributed by atoms with Crippen LogP contribution in [-0.2, 0) is 16.0 Å². The molecule has 0 bridgehead atoms. The molecule has 0 aliphatic carbocycles. The third-order valence-corrected chi connectivity index (χ3v) is 4.59. The lowest BCUT2D eigenvalue weighted by Gasteiger charge is -2.26. The largest absolute Gasteiger partial charge is 0.490 e. The lowest BCUT2D eigenvalue weighted by molar-refractivity contribution is -0.131. The number of fused-ring (bicyclic) bond motifs is 1. The maximum absolute atomic E-state index is 12.6. The summed E-state index contributed by atoms with van der Waals surface area (Å²) in [4.78, 5) is 38.5. The number of hydrogen-bond acceptors (Lipinski definition) is 5. The van der Waals surface area contributed by atoms with Crippen LogP contribution in [0.3, 0.4) is 0 Å². The number of rotatable bonds is 9. The fraction of sp³-hybridized carbons (Fsp3) is 0.348. The van der Waals surface area contributed by atoms with Crippen LogP contribution < -0.4 is 14.8 Å². The van der Waals surface area contributed by atoms with Crippen molar-refractivity contribution in [3.05, 3.63) is 53.6 Å². The molecule has 3 amide bonds. The highest BCUT2D eigenvalue weighted by Crippen LogP contribution is 2.31. The van der Waals surface area contributed by atoms with Crippen LogP contribution in [0, 0.1) is 0 Å². The summed E-state index contributed by atoms with van der Waals surface area (Å²) in [7, 11) is 0. The first-order valence-electron chi connectivity index (χ1n) is 10.2. The lowest BCUT2D eigenvalue weighted by Crippen LogP contribution is -2.46. The second-order valence-corrected chi connectivity index (χ2v) is 7.03. The van der Waals surface area contributed by atoms with E-state index in [4.69, 9.17) is 9.47 Å². The van der Waals surface area contributed by atoms with Crippen LogP contribution in [0.15, 0.2) is 42.5 Å². The fourth-order valence-corrected chi connectivity index (χ4v) is 3.15. The Morgan fingerprint density at radius 1 is 1.00 bits per heavy atom. The van der Waals surface area contributed by atoms with E-state index in [1.807, 2.05) is 13.8 Å². The average Bonchev–Trinajstić information content (AvgIpc) is 2.74. The maximum Gasteiger partial charge on any atom is 0.261 e. The molecule has 2 aromatic carbocycles. The molecule has 1 aliphatic rings. The quantitative estimate of drug-likeness (QED) is 0.640. The Morgan fingerprint density at radius 3 is 2.43 bits per heavy atom. The summed E-state index contributed by atoms with van der Waals surface area (Å²) in [5, 5.41) is 2.73. The van der Waals surface area contributed by atoms with Crippen molar-refractivity contribution in [1.82, 2.24) is 4.90 Å². The first-order chi connectivity index (χ1) is 14.5. The van der Waals surface area contributed by atoms with Crippen LogP contribution in [0.4, 0.5) is 5.69 Å². The molecule has 1 heterocycles. The molecule has 0 unspecified atom stereocenters. The monoisotopic (exact) mass is 410 g/mol. The Kier molecular flexibility index (Phi) is 7.06. The minimum Gasteiger partial charge on any atom is -0.490 e. The number of carbonyl (C=O) groups is 3. The highest BCUT2D eigenvalue weighted by atomic mass is 16.5. The van der Waals surface area contributed by atoms with E-state index in [1.165, 1.54) is 0 Å². The van der Waals surface area contributed by atoms with E-state index in [-0.39, 0.29) is 18.9 Å². The normalized spacial score (nSPS) is 13.1. The van der Waals surface area contributed by atoms with Gasteiger partial charge in [0.05, 0.1) is 19.6 Å². The second-order valence-electron chi connectivity index (χ2n) is 7.03. The van der Waals surface area contributed by atoms with Crippen LogP contribution in [0.2, 0.25) is 0 Å². The predicted molar refractivity (Wildman–Crippen MR) is 113 cm³/mol. The van der Waals surface area contributed by atoms with E-state index in [0.717, 1.165) is 17.7 Å². The molecule has 0 atom stereocenters. The zero-order chi connectivity index (χ0) is 21.5. The molecule has 7 heteroatoms. The number of benzene rings is 2. The topological polar surface area (TPSA) is 84.9 Å². The zero-order valence-electron chi connectivity index (χ0n) is 17.3. The molecule has 0 aromatic heterocycles. The number of amides is 3. The Bertz CT molecular complexity index is 941. The lowest BCUT2D eigenvalue weighted by atomic mass is 9.98. The van der Waals surface area contributed by atoms with Gasteiger partial charge < -0.3 is 14.8 Å².